The van der Waals surface area contributed by atoms with Crippen molar-refractivity contribution in [1.82, 2.24) is 4.98 Å². The molecule has 2 aromatic rings. The smallest absolute Gasteiger partial charge is 0.119 e. The van der Waals surface area contributed by atoms with Gasteiger partial charge in [-0.05, 0) is 54.8 Å². The Hall–Kier alpha value is -1.39. The van der Waals surface area contributed by atoms with E-state index in [2.05, 4.69) is 20.9 Å². The van der Waals surface area contributed by atoms with Crippen LogP contribution in [0.2, 0.25) is 0 Å². The second-order valence-corrected chi connectivity index (χ2v) is 5.24. The summed E-state index contributed by atoms with van der Waals surface area (Å²) in [5.74, 6) is 0.855. The van der Waals surface area contributed by atoms with E-state index in [1.54, 1.807) is 0 Å². The summed E-state index contributed by atoms with van der Waals surface area (Å²) < 4.78 is 6.92. The molecule has 3 nitrogen and oxygen atoms in total. The van der Waals surface area contributed by atoms with Gasteiger partial charge in [-0.15, -0.1) is 0 Å². The fraction of sp³-hybridized carbons (Fsp3) is 0.267. The third-order valence-corrected chi connectivity index (χ3v) is 3.41. The molecule has 0 spiro atoms. The van der Waals surface area contributed by atoms with E-state index < -0.39 is 0 Å². The van der Waals surface area contributed by atoms with Crippen LogP contribution in [-0.4, -0.2) is 17.6 Å². The average Bonchev–Trinajstić information content (AvgIpc) is 2.46. The molecule has 2 N–H and O–H groups in total. The SMILES string of the molecule is NCC(CCc1ccncc1)Oc1ccc(Br)cc1. The molecule has 100 valence electrons. The number of nitrogens with two attached hydrogens (primary N) is 1. The Balaban J connectivity index is 1.88. The lowest BCUT2D eigenvalue weighted by Gasteiger charge is -2.17. The van der Waals surface area contributed by atoms with Gasteiger partial charge >= 0.3 is 0 Å². The number of hydrogen-bond donors (Lipinski definition) is 1. The van der Waals surface area contributed by atoms with E-state index in [0.29, 0.717) is 6.54 Å². The minimum Gasteiger partial charge on any atom is -0.489 e. The Labute approximate surface area is 121 Å². The van der Waals surface area contributed by atoms with Gasteiger partial charge < -0.3 is 10.5 Å². The second kappa shape index (κ2) is 7.26. The van der Waals surface area contributed by atoms with Gasteiger partial charge in [-0.3, -0.25) is 4.98 Å². The summed E-state index contributed by atoms with van der Waals surface area (Å²) in [7, 11) is 0. The van der Waals surface area contributed by atoms with E-state index in [1.165, 1.54) is 5.56 Å². The van der Waals surface area contributed by atoms with Crippen molar-refractivity contribution in [2.45, 2.75) is 18.9 Å². The van der Waals surface area contributed by atoms with E-state index in [-0.39, 0.29) is 6.10 Å². The number of rotatable bonds is 6. The van der Waals surface area contributed by atoms with Crippen molar-refractivity contribution in [3.63, 3.8) is 0 Å². The molecule has 4 heteroatoms. The van der Waals surface area contributed by atoms with Crippen LogP contribution in [0.25, 0.3) is 0 Å². The Bertz CT molecular complexity index is 487. The monoisotopic (exact) mass is 320 g/mol. The number of ether oxygens (including phenoxy) is 1. The van der Waals surface area contributed by atoms with Crippen molar-refractivity contribution in [2.24, 2.45) is 5.73 Å². The van der Waals surface area contributed by atoms with E-state index >= 15 is 0 Å². The summed E-state index contributed by atoms with van der Waals surface area (Å²) in [6.45, 7) is 0.515. The van der Waals surface area contributed by atoms with Crippen LogP contribution in [-0.2, 0) is 6.42 Å². The number of halogens is 1. The molecule has 0 aliphatic carbocycles. The summed E-state index contributed by atoms with van der Waals surface area (Å²) in [5.41, 5.74) is 7.03. The molecule has 0 aliphatic heterocycles. The molecule has 1 unspecified atom stereocenters. The van der Waals surface area contributed by atoms with Crippen LogP contribution in [0.3, 0.4) is 0 Å². The van der Waals surface area contributed by atoms with Gasteiger partial charge in [0, 0.05) is 23.4 Å². The normalized spacial score (nSPS) is 12.1. The van der Waals surface area contributed by atoms with Crippen molar-refractivity contribution in [1.29, 1.82) is 0 Å². The fourth-order valence-electron chi connectivity index (χ4n) is 1.81. The van der Waals surface area contributed by atoms with Crippen LogP contribution in [0, 0.1) is 0 Å². The molecule has 0 fully saturated rings. The maximum absolute atomic E-state index is 5.88. The molecule has 2 rings (SSSR count). The van der Waals surface area contributed by atoms with Crippen molar-refractivity contribution in [3.8, 4) is 5.75 Å². The zero-order chi connectivity index (χ0) is 13.5. The van der Waals surface area contributed by atoms with Crippen LogP contribution in [0.1, 0.15) is 12.0 Å². The Kier molecular flexibility index (Phi) is 5.36. The molecule has 1 aromatic heterocycles. The standard InChI is InChI=1S/C15H17BrN2O/c16-13-2-5-14(6-3-13)19-15(11-17)4-1-12-7-9-18-10-8-12/h2-3,5-10,15H,1,4,11,17H2. The minimum atomic E-state index is 0.0364. The Morgan fingerprint density at radius 2 is 1.79 bits per heavy atom. The molecule has 0 bridgehead atoms. The van der Waals surface area contributed by atoms with Gasteiger partial charge in [0.2, 0.25) is 0 Å². The maximum Gasteiger partial charge on any atom is 0.119 e. The molecule has 0 radical (unpaired) electrons. The number of nitrogens with zero attached hydrogens (tertiary/aromatic N) is 1. The number of hydrogen-bond acceptors (Lipinski definition) is 3. The predicted molar refractivity (Wildman–Crippen MR) is 80.2 cm³/mol. The van der Waals surface area contributed by atoms with E-state index in [9.17, 15) is 0 Å². The Morgan fingerprint density at radius 1 is 1.11 bits per heavy atom. The number of aryl methyl sites for hydroxylation is 1. The molecular weight excluding hydrogens is 304 g/mol. The molecule has 1 atom stereocenters. The highest BCUT2D eigenvalue weighted by atomic mass is 79.9. The zero-order valence-corrected chi connectivity index (χ0v) is 12.2. The topological polar surface area (TPSA) is 48.1 Å². The van der Waals surface area contributed by atoms with Gasteiger partial charge in [-0.2, -0.15) is 0 Å². The van der Waals surface area contributed by atoms with Crippen molar-refractivity contribution in [2.75, 3.05) is 6.54 Å². The van der Waals surface area contributed by atoms with Gasteiger partial charge in [0.05, 0.1) is 0 Å². The van der Waals surface area contributed by atoms with Crippen LogP contribution < -0.4 is 10.5 Å². The summed E-state index contributed by atoms with van der Waals surface area (Å²) >= 11 is 3.40. The largest absolute Gasteiger partial charge is 0.489 e. The van der Waals surface area contributed by atoms with Gasteiger partial charge in [-0.1, -0.05) is 15.9 Å². The average molecular weight is 321 g/mol. The first kappa shape index (κ1) is 14.0. The number of benzene rings is 1. The van der Waals surface area contributed by atoms with Crippen LogP contribution >= 0.6 is 15.9 Å². The van der Waals surface area contributed by atoms with Crippen LogP contribution in [0.4, 0.5) is 0 Å². The first-order chi connectivity index (χ1) is 9.28. The highest BCUT2D eigenvalue weighted by Gasteiger charge is 2.08. The molecule has 19 heavy (non-hydrogen) atoms. The zero-order valence-electron chi connectivity index (χ0n) is 10.6. The van der Waals surface area contributed by atoms with Gasteiger partial charge in [0.15, 0.2) is 0 Å². The molecular formula is C15H17BrN2O. The van der Waals surface area contributed by atoms with Crippen molar-refractivity contribution in [3.05, 3.63) is 58.8 Å². The van der Waals surface area contributed by atoms with E-state index in [4.69, 9.17) is 10.5 Å². The third-order valence-electron chi connectivity index (χ3n) is 2.88. The van der Waals surface area contributed by atoms with Gasteiger partial charge in [0.25, 0.3) is 0 Å². The summed E-state index contributed by atoms with van der Waals surface area (Å²) in [4.78, 5) is 4.01. The summed E-state index contributed by atoms with van der Waals surface area (Å²) in [5, 5.41) is 0. The maximum atomic E-state index is 5.88. The van der Waals surface area contributed by atoms with E-state index in [0.717, 1.165) is 23.1 Å². The summed E-state index contributed by atoms with van der Waals surface area (Å²) in [6.07, 6.45) is 5.50. The first-order valence-electron chi connectivity index (χ1n) is 6.29. The highest BCUT2D eigenvalue weighted by Crippen LogP contribution is 2.18. The molecule has 1 aromatic carbocycles. The van der Waals surface area contributed by atoms with Crippen molar-refractivity contribution >= 4 is 15.9 Å². The second-order valence-electron chi connectivity index (χ2n) is 4.32. The lowest BCUT2D eigenvalue weighted by Crippen LogP contribution is -2.27. The molecule has 0 amide bonds. The number of pyridine rings is 1. The van der Waals surface area contributed by atoms with Gasteiger partial charge in [-0.25, -0.2) is 0 Å². The van der Waals surface area contributed by atoms with Crippen LogP contribution in [0.15, 0.2) is 53.3 Å². The summed E-state index contributed by atoms with van der Waals surface area (Å²) in [6, 6.07) is 11.9. The third kappa shape index (κ3) is 4.65. The molecule has 0 aliphatic rings. The van der Waals surface area contributed by atoms with Crippen molar-refractivity contribution < 1.29 is 4.74 Å². The first-order valence-corrected chi connectivity index (χ1v) is 7.08. The minimum absolute atomic E-state index is 0.0364. The lowest BCUT2D eigenvalue weighted by molar-refractivity contribution is 0.199. The quantitative estimate of drug-likeness (QED) is 0.889. The fourth-order valence-corrected chi connectivity index (χ4v) is 2.07. The molecule has 0 saturated heterocycles. The predicted octanol–water partition coefficient (Wildman–Crippen LogP) is 3.18. The number of aromatic nitrogens is 1. The Morgan fingerprint density at radius 3 is 2.42 bits per heavy atom. The highest BCUT2D eigenvalue weighted by molar-refractivity contribution is 9.10. The molecule has 0 saturated carbocycles. The molecule has 1 heterocycles. The lowest BCUT2D eigenvalue weighted by atomic mass is 10.1. The van der Waals surface area contributed by atoms with Crippen LogP contribution in [0.5, 0.6) is 5.75 Å². The van der Waals surface area contributed by atoms with E-state index in [1.807, 2.05) is 48.8 Å². The van der Waals surface area contributed by atoms with Gasteiger partial charge in [0.1, 0.15) is 11.9 Å².